The number of rotatable bonds is 5. The van der Waals surface area contributed by atoms with Crippen molar-refractivity contribution in [2.45, 2.75) is 19.1 Å². The average Bonchev–Trinajstić information content (AvgIpc) is 2.73. The normalized spacial score (nSPS) is 11.6. The molecule has 96 valence electrons. The van der Waals surface area contributed by atoms with Crippen molar-refractivity contribution in [1.29, 1.82) is 0 Å². The van der Waals surface area contributed by atoms with Gasteiger partial charge in [0.25, 0.3) is 0 Å². The minimum Gasteiger partial charge on any atom is -0.246 e. The van der Waals surface area contributed by atoms with Gasteiger partial charge >= 0.3 is 0 Å². The lowest BCUT2D eigenvalue weighted by Gasteiger charge is -2.02. The van der Waals surface area contributed by atoms with E-state index in [0.717, 1.165) is 10.6 Å². The van der Waals surface area contributed by atoms with Gasteiger partial charge in [0.1, 0.15) is 0 Å². The molecule has 1 heterocycles. The molecule has 0 N–H and O–H groups in total. The van der Waals surface area contributed by atoms with Crippen LogP contribution < -0.4 is 0 Å². The molecule has 0 fully saturated rings. The molecule has 1 aromatic carbocycles. The van der Waals surface area contributed by atoms with Crippen LogP contribution in [0.2, 0.25) is 0 Å². The molecule has 0 spiro atoms. The molecule has 0 saturated heterocycles. The molecule has 0 aliphatic rings. The monoisotopic (exact) mass is 281 g/mol. The van der Waals surface area contributed by atoms with Gasteiger partial charge in [0.05, 0.1) is 22.2 Å². The van der Waals surface area contributed by atoms with E-state index in [1.807, 2.05) is 42.6 Å². The summed E-state index contributed by atoms with van der Waals surface area (Å²) in [5.41, 5.74) is 1.71. The Morgan fingerprint density at radius 3 is 2.56 bits per heavy atom. The van der Waals surface area contributed by atoms with Gasteiger partial charge in [0.15, 0.2) is 9.84 Å². The largest absolute Gasteiger partial charge is 0.246 e. The first-order valence-electron chi connectivity index (χ1n) is 5.70. The lowest BCUT2D eigenvalue weighted by atomic mass is 10.2. The van der Waals surface area contributed by atoms with Crippen molar-refractivity contribution in [3.8, 4) is 0 Å². The van der Waals surface area contributed by atoms with Crippen molar-refractivity contribution < 1.29 is 8.42 Å². The summed E-state index contributed by atoms with van der Waals surface area (Å²) in [5, 5.41) is 2.72. The fourth-order valence-corrected chi connectivity index (χ4v) is 3.70. The molecule has 2 aromatic rings. The average molecular weight is 281 g/mol. The number of sulfone groups is 1. The molecule has 18 heavy (non-hydrogen) atoms. The molecular weight excluding hydrogens is 266 g/mol. The highest BCUT2D eigenvalue weighted by atomic mass is 32.2. The second kappa shape index (κ2) is 5.63. The van der Waals surface area contributed by atoms with Gasteiger partial charge in [-0.25, -0.2) is 13.4 Å². The van der Waals surface area contributed by atoms with Gasteiger partial charge in [-0.1, -0.05) is 30.3 Å². The Kier molecular flexibility index (Phi) is 4.14. The van der Waals surface area contributed by atoms with Crippen LogP contribution in [0.1, 0.15) is 16.3 Å². The Labute approximate surface area is 111 Å². The van der Waals surface area contributed by atoms with Crippen molar-refractivity contribution >= 4 is 21.2 Å². The van der Waals surface area contributed by atoms with Gasteiger partial charge in [0.2, 0.25) is 0 Å². The predicted molar refractivity (Wildman–Crippen MR) is 74.5 cm³/mol. The SMILES string of the molecule is Cc1nc(CS(=O)(=O)CCc2ccccc2)cs1. The highest BCUT2D eigenvalue weighted by Gasteiger charge is 2.14. The van der Waals surface area contributed by atoms with Gasteiger partial charge in [0, 0.05) is 5.38 Å². The van der Waals surface area contributed by atoms with E-state index >= 15 is 0 Å². The highest BCUT2D eigenvalue weighted by molar-refractivity contribution is 7.90. The molecule has 0 aliphatic heterocycles. The van der Waals surface area contributed by atoms with E-state index in [1.54, 1.807) is 0 Å². The third-order valence-corrected chi connectivity index (χ3v) is 4.96. The molecule has 0 radical (unpaired) electrons. The highest BCUT2D eigenvalue weighted by Crippen LogP contribution is 2.12. The molecule has 5 heteroatoms. The third kappa shape index (κ3) is 3.92. The van der Waals surface area contributed by atoms with Crippen LogP contribution in [0.3, 0.4) is 0 Å². The maximum atomic E-state index is 11.9. The quantitative estimate of drug-likeness (QED) is 0.846. The topological polar surface area (TPSA) is 47.0 Å². The van der Waals surface area contributed by atoms with Crippen molar-refractivity contribution in [2.24, 2.45) is 0 Å². The summed E-state index contributed by atoms with van der Waals surface area (Å²) in [6.45, 7) is 1.88. The maximum absolute atomic E-state index is 11.9. The molecule has 0 unspecified atom stereocenters. The number of aromatic nitrogens is 1. The molecule has 0 bridgehead atoms. The van der Waals surface area contributed by atoms with E-state index in [9.17, 15) is 8.42 Å². The van der Waals surface area contributed by atoms with Gasteiger partial charge in [-0.2, -0.15) is 0 Å². The van der Waals surface area contributed by atoms with Crippen molar-refractivity contribution in [1.82, 2.24) is 4.98 Å². The first kappa shape index (κ1) is 13.2. The lowest BCUT2D eigenvalue weighted by molar-refractivity contribution is 0.594. The maximum Gasteiger partial charge on any atom is 0.156 e. The summed E-state index contributed by atoms with van der Waals surface area (Å²) in [7, 11) is -3.08. The first-order valence-corrected chi connectivity index (χ1v) is 8.41. The van der Waals surface area contributed by atoms with E-state index < -0.39 is 9.84 Å². The van der Waals surface area contributed by atoms with Crippen LogP contribution in [0.4, 0.5) is 0 Å². The Bertz CT molecular complexity index is 603. The van der Waals surface area contributed by atoms with E-state index in [0.29, 0.717) is 12.1 Å². The molecular formula is C13H15NO2S2. The third-order valence-electron chi connectivity index (χ3n) is 2.58. The van der Waals surface area contributed by atoms with E-state index in [4.69, 9.17) is 0 Å². The fourth-order valence-electron chi connectivity index (χ4n) is 1.69. The van der Waals surface area contributed by atoms with Crippen LogP contribution in [0, 0.1) is 6.92 Å². The number of thiazole rings is 1. The van der Waals surface area contributed by atoms with Crippen LogP contribution >= 0.6 is 11.3 Å². The second-order valence-corrected chi connectivity index (χ2v) is 7.43. The Morgan fingerprint density at radius 1 is 1.22 bits per heavy atom. The number of aryl methyl sites for hydroxylation is 2. The van der Waals surface area contributed by atoms with E-state index in [-0.39, 0.29) is 11.5 Å². The summed E-state index contributed by atoms with van der Waals surface area (Å²) < 4.78 is 23.9. The molecule has 0 atom stereocenters. The number of nitrogens with zero attached hydrogens (tertiary/aromatic N) is 1. The number of hydrogen-bond donors (Lipinski definition) is 0. The van der Waals surface area contributed by atoms with Crippen LogP contribution in [-0.2, 0) is 22.0 Å². The van der Waals surface area contributed by atoms with E-state index in [2.05, 4.69) is 4.98 Å². The molecule has 0 amide bonds. The van der Waals surface area contributed by atoms with Crippen molar-refractivity contribution in [3.63, 3.8) is 0 Å². The smallest absolute Gasteiger partial charge is 0.156 e. The second-order valence-electron chi connectivity index (χ2n) is 4.19. The zero-order chi connectivity index (χ0) is 13.0. The van der Waals surface area contributed by atoms with E-state index in [1.165, 1.54) is 11.3 Å². The zero-order valence-electron chi connectivity index (χ0n) is 10.2. The zero-order valence-corrected chi connectivity index (χ0v) is 11.8. The first-order chi connectivity index (χ1) is 8.55. The minimum atomic E-state index is -3.08. The Morgan fingerprint density at radius 2 is 1.94 bits per heavy atom. The summed E-state index contributed by atoms with van der Waals surface area (Å²) in [5.74, 6) is 0.220. The molecule has 1 aromatic heterocycles. The van der Waals surface area contributed by atoms with Crippen molar-refractivity contribution in [3.05, 3.63) is 52.0 Å². The Hall–Kier alpha value is -1.20. The molecule has 0 aliphatic carbocycles. The number of hydrogen-bond acceptors (Lipinski definition) is 4. The van der Waals surface area contributed by atoms with Crippen LogP contribution in [0.25, 0.3) is 0 Å². The van der Waals surface area contributed by atoms with Gasteiger partial charge in [-0.15, -0.1) is 11.3 Å². The van der Waals surface area contributed by atoms with Gasteiger partial charge in [-0.05, 0) is 18.9 Å². The molecule has 0 saturated carbocycles. The standard InChI is InChI=1S/C13H15NO2S2/c1-11-14-13(9-17-11)10-18(15,16)8-7-12-5-3-2-4-6-12/h2-6,9H,7-8,10H2,1H3. The summed E-state index contributed by atoms with van der Waals surface area (Å²) in [6.07, 6.45) is 0.562. The predicted octanol–water partition coefficient (Wildman–Crippen LogP) is 2.61. The fraction of sp³-hybridized carbons (Fsp3) is 0.308. The van der Waals surface area contributed by atoms with Gasteiger partial charge < -0.3 is 0 Å². The van der Waals surface area contributed by atoms with Crippen molar-refractivity contribution in [2.75, 3.05) is 5.75 Å². The van der Waals surface area contributed by atoms with Gasteiger partial charge in [-0.3, -0.25) is 0 Å². The summed E-state index contributed by atoms with van der Waals surface area (Å²) in [4.78, 5) is 4.19. The lowest BCUT2D eigenvalue weighted by Crippen LogP contribution is -2.11. The minimum absolute atomic E-state index is 0.0458. The Balaban J connectivity index is 1.96. The van der Waals surface area contributed by atoms with Crippen LogP contribution in [0.5, 0.6) is 0 Å². The molecule has 3 nitrogen and oxygen atoms in total. The number of benzene rings is 1. The molecule has 2 rings (SSSR count). The summed E-state index contributed by atoms with van der Waals surface area (Å²) >= 11 is 1.48. The van der Waals surface area contributed by atoms with Crippen LogP contribution in [0.15, 0.2) is 35.7 Å². The summed E-state index contributed by atoms with van der Waals surface area (Å²) in [6, 6.07) is 9.67. The van der Waals surface area contributed by atoms with Crippen LogP contribution in [-0.4, -0.2) is 19.2 Å².